The maximum atomic E-state index is 12.9. The van der Waals surface area contributed by atoms with Crippen LogP contribution in [0.1, 0.15) is 18.1 Å². The number of hydrogen-bond donors (Lipinski definition) is 3. The minimum atomic E-state index is -0.242. The molecule has 0 unspecified atom stereocenters. The molecular formula is C18H22FN3O. The number of benzene rings is 2. The second-order valence-corrected chi connectivity index (χ2v) is 5.17. The zero-order chi connectivity index (χ0) is 16.5. The number of halogens is 1. The van der Waals surface area contributed by atoms with Crippen LogP contribution in [0, 0.1) is 5.82 Å². The number of hydrogen-bond acceptors (Lipinski definition) is 2. The molecule has 2 aromatic carbocycles. The van der Waals surface area contributed by atoms with Gasteiger partial charge in [-0.3, -0.25) is 0 Å². The van der Waals surface area contributed by atoms with Crippen molar-refractivity contribution in [3.8, 4) is 5.75 Å². The summed E-state index contributed by atoms with van der Waals surface area (Å²) in [6.07, 6.45) is 0.787. The summed E-state index contributed by atoms with van der Waals surface area (Å²) in [6, 6.07) is 13.6. The van der Waals surface area contributed by atoms with Gasteiger partial charge >= 0.3 is 0 Å². The summed E-state index contributed by atoms with van der Waals surface area (Å²) in [5, 5.41) is 15.9. The monoisotopic (exact) mass is 315 g/mol. The summed E-state index contributed by atoms with van der Waals surface area (Å²) in [4.78, 5) is 4.48. The number of aromatic hydroxyl groups is 1. The second-order valence-electron chi connectivity index (χ2n) is 5.17. The number of rotatable bonds is 6. The molecule has 0 spiro atoms. The number of guanidine groups is 1. The fraction of sp³-hybridized carbons (Fsp3) is 0.278. The Labute approximate surface area is 136 Å². The van der Waals surface area contributed by atoms with Crippen molar-refractivity contribution in [1.82, 2.24) is 10.6 Å². The van der Waals surface area contributed by atoms with Crippen LogP contribution in [-0.4, -0.2) is 24.2 Å². The Balaban J connectivity index is 1.87. The van der Waals surface area contributed by atoms with Crippen LogP contribution in [-0.2, 0) is 13.0 Å². The third-order valence-corrected chi connectivity index (χ3v) is 3.29. The number of aliphatic imine (C=N–C) groups is 1. The molecule has 4 nitrogen and oxygen atoms in total. The molecule has 122 valence electrons. The Morgan fingerprint density at radius 3 is 2.57 bits per heavy atom. The van der Waals surface area contributed by atoms with Crippen molar-refractivity contribution < 1.29 is 9.50 Å². The molecule has 2 rings (SSSR count). The first-order valence-electron chi connectivity index (χ1n) is 7.72. The highest BCUT2D eigenvalue weighted by Crippen LogP contribution is 2.10. The van der Waals surface area contributed by atoms with Crippen LogP contribution in [0.25, 0.3) is 0 Å². The van der Waals surface area contributed by atoms with Crippen LogP contribution in [0.2, 0.25) is 0 Å². The number of nitrogens with zero attached hydrogens (tertiary/aromatic N) is 1. The second kappa shape index (κ2) is 8.78. The molecule has 0 saturated carbocycles. The molecule has 2 aromatic rings. The van der Waals surface area contributed by atoms with Gasteiger partial charge in [0.25, 0.3) is 0 Å². The average Bonchev–Trinajstić information content (AvgIpc) is 2.54. The lowest BCUT2D eigenvalue weighted by molar-refractivity contribution is 0.474. The minimum absolute atomic E-state index is 0.242. The standard InChI is InChI=1S/C18H22FN3O/c1-2-20-18(22-13-15-6-8-16(19)9-7-15)21-11-10-14-4-3-5-17(23)12-14/h3-9,12,23H,2,10-11,13H2,1H3,(H2,20,21,22). The van der Waals surface area contributed by atoms with Crippen molar-refractivity contribution in [2.45, 2.75) is 19.9 Å². The maximum Gasteiger partial charge on any atom is 0.191 e. The first-order chi connectivity index (χ1) is 11.2. The van der Waals surface area contributed by atoms with E-state index in [0.29, 0.717) is 13.1 Å². The van der Waals surface area contributed by atoms with Gasteiger partial charge in [-0.25, -0.2) is 9.38 Å². The van der Waals surface area contributed by atoms with Crippen molar-refractivity contribution in [2.24, 2.45) is 4.99 Å². The molecule has 0 aromatic heterocycles. The smallest absolute Gasteiger partial charge is 0.191 e. The van der Waals surface area contributed by atoms with E-state index in [0.717, 1.165) is 30.1 Å². The van der Waals surface area contributed by atoms with Crippen LogP contribution >= 0.6 is 0 Å². The van der Waals surface area contributed by atoms with E-state index in [1.807, 2.05) is 19.1 Å². The van der Waals surface area contributed by atoms with E-state index in [-0.39, 0.29) is 11.6 Å². The lowest BCUT2D eigenvalue weighted by Gasteiger charge is -2.11. The van der Waals surface area contributed by atoms with Gasteiger partial charge in [0.1, 0.15) is 11.6 Å². The molecule has 0 aliphatic carbocycles. The van der Waals surface area contributed by atoms with Crippen LogP contribution < -0.4 is 10.6 Å². The molecule has 0 atom stereocenters. The Morgan fingerprint density at radius 1 is 1.09 bits per heavy atom. The normalized spacial score (nSPS) is 11.3. The fourth-order valence-corrected chi connectivity index (χ4v) is 2.14. The van der Waals surface area contributed by atoms with E-state index in [2.05, 4.69) is 15.6 Å². The Bertz CT molecular complexity index is 641. The molecule has 0 heterocycles. The van der Waals surface area contributed by atoms with Crippen LogP contribution in [0.15, 0.2) is 53.5 Å². The average molecular weight is 315 g/mol. The maximum absolute atomic E-state index is 12.9. The lowest BCUT2D eigenvalue weighted by Crippen LogP contribution is -2.38. The molecule has 0 aliphatic rings. The highest BCUT2D eigenvalue weighted by molar-refractivity contribution is 5.79. The van der Waals surface area contributed by atoms with Gasteiger partial charge in [-0.05, 0) is 48.7 Å². The lowest BCUT2D eigenvalue weighted by atomic mass is 10.1. The van der Waals surface area contributed by atoms with Gasteiger partial charge in [-0.1, -0.05) is 24.3 Å². The van der Waals surface area contributed by atoms with E-state index in [4.69, 9.17) is 0 Å². The predicted octanol–water partition coefficient (Wildman–Crippen LogP) is 2.83. The number of phenolic OH excluding ortho intramolecular Hbond substituents is 1. The van der Waals surface area contributed by atoms with Gasteiger partial charge in [0, 0.05) is 13.1 Å². The van der Waals surface area contributed by atoms with E-state index in [9.17, 15) is 9.50 Å². The van der Waals surface area contributed by atoms with Gasteiger partial charge in [0.15, 0.2) is 5.96 Å². The summed E-state index contributed by atoms with van der Waals surface area (Å²) >= 11 is 0. The molecule has 23 heavy (non-hydrogen) atoms. The summed E-state index contributed by atoms with van der Waals surface area (Å²) in [7, 11) is 0. The fourth-order valence-electron chi connectivity index (χ4n) is 2.14. The molecule has 3 N–H and O–H groups in total. The van der Waals surface area contributed by atoms with Crippen LogP contribution in [0.3, 0.4) is 0 Å². The zero-order valence-electron chi connectivity index (χ0n) is 13.2. The van der Waals surface area contributed by atoms with E-state index in [1.54, 1.807) is 24.3 Å². The first kappa shape index (κ1) is 16.8. The van der Waals surface area contributed by atoms with Crippen LogP contribution in [0.4, 0.5) is 4.39 Å². The summed E-state index contributed by atoms with van der Waals surface area (Å²) in [5.74, 6) is 0.755. The highest BCUT2D eigenvalue weighted by Gasteiger charge is 1.99. The van der Waals surface area contributed by atoms with Gasteiger partial charge in [0.2, 0.25) is 0 Å². The SMILES string of the molecule is CCNC(=NCc1ccc(F)cc1)NCCc1cccc(O)c1. The molecule has 0 saturated heterocycles. The summed E-state index contributed by atoms with van der Waals surface area (Å²) in [6.45, 7) is 3.96. The Morgan fingerprint density at radius 2 is 1.87 bits per heavy atom. The van der Waals surface area contributed by atoms with E-state index < -0.39 is 0 Å². The van der Waals surface area contributed by atoms with Crippen molar-refractivity contribution in [2.75, 3.05) is 13.1 Å². The summed E-state index contributed by atoms with van der Waals surface area (Å²) < 4.78 is 12.9. The first-order valence-corrected chi connectivity index (χ1v) is 7.72. The van der Waals surface area contributed by atoms with Crippen molar-refractivity contribution >= 4 is 5.96 Å². The van der Waals surface area contributed by atoms with Crippen molar-refractivity contribution in [3.63, 3.8) is 0 Å². The highest BCUT2D eigenvalue weighted by atomic mass is 19.1. The Kier molecular flexibility index (Phi) is 6.41. The molecular weight excluding hydrogens is 293 g/mol. The third-order valence-electron chi connectivity index (χ3n) is 3.29. The quantitative estimate of drug-likeness (QED) is 0.567. The number of phenols is 1. The minimum Gasteiger partial charge on any atom is -0.508 e. The molecule has 0 fully saturated rings. The van der Waals surface area contributed by atoms with E-state index >= 15 is 0 Å². The van der Waals surface area contributed by atoms with E-state index in [1.165, 1.54) is 12.1 Å². The molecule has 5 heteroatoms. The third kappa shape index (κ3) is 5.98. The zero-order valence-corrected chi connectivity index (χ0v) is 13.2. The van der Waals surface area contributed by atoms with Gasteiger partial charge in [-0.15, -0.1) is 0 Å². The van der Waals surface area contributed by atoms with Gasteiger partial charge in [0.05, 0.1) is 6.54 Å². The van der Waals surface area contributed by atoms with Crippen LogP contribution in [0.5, 0.6) is 5.75 Å². The number of nitrogens with one attached hydrogen (secondary N) is 2. The molecule has 0 amide bonds. The molecule has 0 aliphatic heterocycles. The molecule has 0 bridgehead atoms. The predicted molar refractivity (Wildman–Crippen MR) is 91.0 cm³/mol. The van der Waals surface area contributed by atoms with Crippen molar-refractivity contribution in [1.29, 1.82) is 0 Å². The topological polar surface area (TPSA) is 56.7 Å². The van der Waals surface area contributed by atoms with Gasteiger partial charge < -0.3 is 15.7 Å². The molecule has 0 radical (unpaired) electrons. The summed E-state index contributed by atoms with van der Waals surface area (Å²) in [5.41, 5.74) is 2.02. The van der Waals surface area contributed by atoms with Gasteiger partial charge in [-0.2, -0.15) is 0 Å². The Hall–Kier alpha value is -2.56. The van der Waals surface area contributed by atoms with Crippen molar-refractivity contribution in [3.05, 3.63) is 65.5 Å². The largest absolute Gasteiger partial charge is 0.508 e.